The number of carbonyl (C=O) groups excluding carboxylic acids is 1. The van der Waals surface area contributed by atoms with Crippen molar-refractivity contribution in [3.05, 3.63) is 54.1 Å². The lowest BCUT2D eigenvalue weighted by Gasteiger charge is -2.20. The molecule has 2 aromatic rings. The number of hydrogen-bond acceptors (Lipinski definition) is 4. The van der Waals surface area contributed by atoms with Gasteiger partial charge in [0.15, 0.2) is 6.61 Å². The van der Waals surface area contributed by atoms with Gasteiger partial charge < -0.3 is 19.5 Å². The molecule has 26 heavy (non-hydrogen) atoms. The van der Waals surface area contributed by atoms with Gasteiger partial charge in [-0.3, -0.25) is 4.79 Å². The van der Waals surface area contributed by atoms with E-state index < -0.39 is 12.6 Å². The van der Waals surface area contributed by atoms with Gasteiger partial charge in [-0.25, -0.2) is 4.79 Å². The average Bonchev–Trinajstić information content (AvgIpc) is 2.66. The van der Waals surface area contributed by atoms with E-state index in [1.807, 2.05) is 31.2 Å². The van der Waals surface area contributed by atoms with Crippen LogP contribution in [0.25, 0.3) is 0 Å². The van der Waals surface area contributed by atoms with Crippen molar-refractivity contribution in [3.8, 4) is 11.5 Å². The van der Waals surface area contributed by atoms with Gasteiger partial charge in [0.2, 0.25) is 5.91 Å². The molecule has 1 amide bonds. The Balaban J connectivity index is 1.98. The molecule has 138 valence electrons. The Morgan fingerprint density at radius 3 is 2.42 bits per heavy atom. The second-order valence-electron chi connectivity index (χ2n) is 6.01. The molecule has 0 heterocycles. The summed E-state index contributed by atoms with van der Waals surface area (Å²) >= 11 is 0. The van der Waals surface area contributed by atoms with E-state index in [4.69, 9.17) is 14.6 Å². The van der Waals surface area contributed by atoms with Gasteiger partial charge in [-0.15, -0.1) is 0 Å². The summed E-state index contributed by atoms with van der Waals surface area (Å²) in [6.07, 6.45) is 0.362. The summed E-state index contributed by atoms with van der Waals surface area (Å²) < 4.78 is 10.3. The van der Waals surface area contributed by atoms with Gasteiger partial charge in [0.25, 0.3) is 0 Å². The molecule has 0 spiro atoms. The predicted octanol–water partition coefficient (Wildman–Crippen LogP) is 3.32. The fraction of sp³-hybridized carbons (Fsp3) is 0.300. The maximum Gasteiger partial charge on any atom is 0.341 e. The number of methoxy groups -OCH3 is 1. The molecule has 0 saturated carbocycles. The van der Waals surface area contributed by atoms with Crippen molar-refractivity contribution in [1.82, 2.24) is 0 Å². The molecule has 0 saturated heterocycles. The van der Waals surface area contributed by atoms with Gasteiger partial charge in [0.1, 0.15) is 11.5 Å². The van der Waals surface area contributed by atoms with Gasteiger partial charge in [0.05, 0.1) is 7.11 Å². The maximum absolute atomic E-state index is 12.6. The SMILES string of the molecule is COc1cccc(C(C)CC(=O)N(C)c2ccc(OCC(=O)O)cc2)c1. The van der Waals surface area contributed by atoms with Crippen molar-refractivity contribution in [3.63, 3.8) is 0 Å². The van der Waals surface area contributed by atoms with Crippen LogP contribution in [-0.2, 0) is 9.59 Å². The van der Waals surface area contributed by atoms with Crippen LogP contribution in [0.5, 0.6) is 11.5 Å². The molecule has 0 fully saturated rings. The summed E-state index contributed by atoms with van der Waals surface area (Å²) in [6.45, 7) is 1.61. The summed E-state index contributed by atoms with van der Waals surface area (Å²) in [5.74, 6) is 0.222. The molecule has 0 aromatic heterocycles. The second-order valence-corrected chi connectivity index (χ2v) is 6.01. The molecule has 1 unspecified atom stereocenters. The lowest BCUT2D eigenvalue weighted by atomic mass is 9.97. The summed E-state index contributed by atoms with van der Waals surface area (Å²) in [5.41, 5.74) is 1.76. The molecule has 2 rings (SSSR count). The largest absolute Gasteiger partial charge is 0.497 e. The second kappa shape index (κ2) is 8.89. The maximum atomic E-state index is 12.6. The van der Waals surface area contributed by atoms with Crippen LogP contribution in [0.15, 0.2) is 48.5 Å². The first-order valence-electron chi connectivity index (χ1n) is 8.26. The Morgan fingerprint density at radius 2 is 1.81 bits per heavy atom. The number of amides is 1. The summed E-state index contributed by atoms with van der Waals surface area (Å²) in [6, 6.07) is 14.5. The fourth-order valence-corrected chi connectivity index (χ4v) is 2.52. The summed E-state index contributed by atoms with van der Waals surface area (Å²) in [7, 11) is 3.33. The molecule has 0 radical (unpaired) electrons. The molecule has 1 N–H and O–H groups in total. The molecule has 0 bridgehead atoms. The van der Waals surface area contributed by atoms with Gasteiger partial charge in [-0.2, -0.15) is 0 Å². The number of carboxylic acid groups (broad SMARTS) is 1. The molecular formula is C20H23NO5. The Labute approximate surface area is 153 Å². The molecule has 6 heteroatoms. The number of aliphatic carboxylic acids is 1. The quantitative estimate of drug-likeness (QED) is 0.784. The van der Waals surface area contributed by atoms with Crippen molar-refractivity contribution in [2.24, 2.45) is 0 Å². The number of benzene rings is 2. The van der Waals surface area contributed by atoms with E-state index in [-0.39, 0.29) is 11.8 Å². The van der Waals surface area contributed by atoms with Crippen LogP contribution in [0.3, 0.4) is 0 Å². The topological polar surface area (TPSA) is 76.1 Å². The smallest absolute Gasteiger partial charge is 0.341 e. The highest BCUT2D eigenvalue weighted by atomic mass is 16.5. The Bertz CT molecular complexity index is 757. The highest BCUT2D eigenvalue weighted by molar-refractivity contribution is 5.93. The average molecular weight is 357 g/mol. The van der Waals surface area contributed by atoms with Crippen molar-refractivity contribution < 1.29 is 24.2 Å². The van der Waals surface area contributed by atoms with E-state index in [2.05, 4.69) is 0 Å². The van der Waals surface area contributed by atoms with Crippen LogP contribution < -0.4 is 14.4 Å². The number of nitrogens with zero attached hydrogens (tertiary/aromatic N) is 1. The molecule has 0 aliphatic heterocycles. The number of carbonyl (C=O) groups is 2. The zero-order valence-electron chi connectivity index (χ0n) is 15.1. The van der Waals surface area contributed by atoms with Crippen LogP contribution in [0, 0.1) is 0 Å². The molecule has 0 aliphatic carbocycles. The van der Waals surface area contributed by atoms with Gasteiger partial charge >= 0.3 is 5.97 Å². The number of hydrogen-bond donors (Lipinski definition) is 1. The third kappa shape index (κ3) is 5.24. The predicted molar refractivity (Wildman–Crippen MR) is 99.0 cm³/mol. The zero-order chi connectivity index (χ0) is 19.1. The molecular weight excluding hydrogens is 334 g/mol. The molecule has 6 nitrogen and oxygen atoms in total. The van der Waals surface area contributed by atoms with Gasteiger partial charge in [0, 0.05) is 19.2 Å². The minimum atomic E-state index is -1.03. The standard InChI is InChI=1S/C20H23NO5/c1-14(15-5-4-6-18(12-15)25-3)11-19(22)21(2)16-7-9-17(10-8-16)26-13-20(23)24/h4-10,12,14H,11,13H2,1-3H3,(H,23,24). The third-order valence-corrected chi connectivity index (χ3v) is 4.10. The summed E-state index contributed by atoms with van der Waals surface area (Å²) in [5, 5.41) is 8.62. The van der Waals surface area contributed by atoms with Gasteiger partial charge in [-0.05, 0) is 47.9 Å². The van der Waals surface area contributed by atoms with E-state index in [1.54, 1.807) is 43.3 Å². The number of rotatable bonds is 8. The number of carboxylic acids is 1. The number of ether oxygens (including phenoxy) is 2. The Morgan fingerprint density at radius 1 is 1.12 bits per heavy atom. The van der Waals surface area contributed by atoms with Crippen LogP contribution in [0.2, 0.25) is 0 Å². The summed E-state index contributed by atoms with van der Waals surface area (Å²) in [4.78, 5) is 24.7. The minimum absolute atomic E-state index is 0.0143. The first kappa shape index (κ1) is 19.3. The van der Waals surface area contributed by atoms with E-state index in [0.29, 0.717) is 12.2 Å². The van der Waals surface area contributed by atoms with Crippen LogP contribution in [-0.4, -0.2) is 37.7 Å². The lowest BCUT2D eigenvalue weighted by molar-refractivity contribution is -0.139. The van der Waals surface area contributed by atoms with Crippen molar-refractivity contribution in [2.75, 3.05) is 25.7 Å². The third-order valence-electron chi connectivity index (χ3n) is 4.10. The van der Waals surface area contributed by atoms with Crippen LogP contribution >= 0.6 is 0 Å². The minimum Gasteiger partial charge on any atom is -0.497 e. The number of anilines is 1. The van der Waals surface area contributed by atoms with E-state index in [0.717, 1.165) is 17.0 Å². The zero-order valence-corrected chi connectivity index (χ0v) is 15.1. The van der Waals surface area contributed by atoms with E-state index in [9.17, 15) is 9.59 Å². The first-order chi connectivity index (χ1) is 12.4. The monoisotopic (exact) mass is 357 g/mol. The first-order valence-corrected chi connectivity index (χ1v) is 8.26. The Hall–Kier alpha value is -3.02. The highest BCUT2D eigenvalue weighted by Crippen LogP contribution is 2.25. The van der Waals surface area contributed by atoms with Crippen molar-refractivity contribution in [2.45, 2.75) is 19.3 Å². The van der Waals surface area contributed by atoms with Crippen LogP contribution in [0.4, 0.5) is 5.69 Å². The van der Waals surface area contributed by atoms with Crippen LogP contribution in [0.1, 0.15) is 24.8 Å². The Kier molecular flexibility index (Phi) is 6.60. The van der Waals surface area contributed by atoms with Gasteiger partial charge in [-0.1, -0.05) is 19.1 Å². The van der Waals surface area contributed by atoms with E-state index in [1.165, 1.54) is 0 Å². The normalized spacial score (nSPS) is 11.5. The van der Waals surface area contributed by atoms with Crippen molar-refractivity contribution >= 4 is 17.6 Å². The molecule has 0 aliphatic rings. The fourth-order valence-electron chi connectivity index (χ4n) is 2.52. The molecule has 2 aromatic carbocycles. The highest BCUT2D eigenvalue weighted by Gasteiger charge is 2.16. The molecule has 1 atom stereocenters. The van der Waals surface area contributed by atoms with E-state index >= 15 is 0 Å². The lowest BCUT2D eigenvalue weighted by Crippen LogP contribution is -2.27. The van der Waals surface area contributed by atoms with Crippen molar-refractivity contribution in [1.29, 1.82) is 0 Å².